The Morgan fingerprint density at radius 2 is 1.84 bits per heavy atom. The lowest BCUT2D eigenvalue weighted by atomic mass is 10.1. The van der Waals surface area contributed by atoms with Crippen LogP contribution in [0.4, 0.5) is 4.39 Å². The van der Waals surface area contributed by atoms with Gasteiger partial charge in [0.05, 0.1) is 6.20 Å². The lowest BCUT2D eigenvalue weighted by Crippen LogP contribution is -1.86. The molecule has 19 heavy (non-hydrogen) atoms. The average molecular weight is 253 g/mol. The third-order valence-electron chi connectivity index (χ3n) is 2.84. The van der Waals surface area contributed by atoms with Gasteiger partial charge in [0.25, 0.3) is 0 Å². The van der Waals surface area contributed by atoms with Gasteiger partial charge in [-0.3, -0.25) is 0 Å². The molecule has 0 bridgehead atoms. The summed E-state index contributed by atoms with van der Waals surface area (Å²) in [6, 6.07) is 16.2. The first-order valence-corrected chi connectivity index (χ1v) is 6.06. The minimum Gasteiger partial charge on any atom is -0.441 e. The normalized spacial score (nSPS) is 10.6. The fourth-order valence-corrected chi connectivity index (χ4v) is 1.95. The quantitative estimate of drug-likeness (QED) is 0.703. The summed E-state index contributed by atoms with van der Waals surface area (Å²) in [5.41, 5.74) is 1.81. The second-order valence-electron chi connectivity index (χ2n) is 4.30. The van der Waals surface area contributed by atoms with Gasteiger partial charge in [-0.05, 0) is 29.8 Å². The van der Waals surface area contributed by atoms with E-state index < -0.39 is 0 Å². The zero-order valence-electron chi connectivity index (χ0n) is 10.2. The Bertz CT molecular complexity index is 676. The van der Waals surface area contributed by atoms with Crippen LogP contribution in [0.25, 0.3) is 11.5 Å². The van der Waals surface area contributed by atoms with Crippen molar-refractivity contribution < 1.29 is 8.81 Å². The molecule has 0 aliphatic carbocycles. The highest BCUT2D eigenvalue weighted by molar-refractivity contribution is 5.52. The molecule has 0 atom stereocenters. The first-order valence-electron chi connectivity index (χ1n) is 6.06. The molecule has 3 heteroatoms. The van der Waals surface area contributed by atoms with Gasteiger partial charge in [-0.25, -0.2) is 9.37 Å². The maximum atomic E-state index is 13.1. The monoisotopic (exact) mass is 253 g/mol. The molecule has 0 radical (unpaired) electrons. The minimum atomic E-state index is -0.236. The second kappa shape index (κ2) is 5.06. The van der Waals surface area contributed by atoms with Gasteiger partial charge < -0.3 is 4.42 Å². The zero-order chi connectivity index (χ0) is 13.1. The number of aromatic nitrogens is 1. The molecule has 0 unspecified atom stereocenters. The van der Waals surface area contributed by atoms with E-state index in [1.165, 1.54) is 12.1 Å². The molecular formula is C16H12FNO. The van der Waals surface area contributed by atoms with Crippen LogP contribution in [0.1, 0.15) is 11.3 Å². The van der Waals surface area contributed by atoms with Gasteiger partial charge in [0.1, 0.15) is 11.6 Å². The summed E-state index contributed by atoms with van der Waals surface area (Å²) in [7, 11) is 0. The largest absolute Gasteiger partial charge is 0.441 e. The summed E-state index contributed by atoms with van der Waals surface area (Å²) in [6.45, 7) is 0. The van der Waals surface area contributed by atoms with Crippen molar-refractivity contribution in [2.75, 3.05) is 0 Å². The first-order chi connectivity index (χ1) is 9.31. The fourth-order valence-electron chi connectivity index (χ4n) is 1.95. The van der Waals surface area contributed by atoms with E-state index >= 15 is 0 Å². The van der Waals surface area contributed by atoms with E-state index in [0.29, 0.717) is 12.3 Å². The second-order valence-corrected chi connectivity index (χ2v) is 4.30. The van der Waals surface area contributed by atoms with E-state index in [0.717, 1.165) is 16.9 Å². The number of rotatable bonds is 3. The smallest absolute Gasteiger partial charge is 0.226 e. The summed E-state index contributed by atoms with van der Waals surface area (Å²) >= 11 is 0. The highest BCUT2D eigenvalue weighted by Crippen LogP contribution is 2.20. The van der Waals surface area contributed by atoms with Gasteiger partial charge in [0.15, 0.2) is 0 Å². The highest BCUT2D eigenvalue weighted by Gasteiger charge is 2.07. The van der Waals surface area contributed by atoms with E-state index in [1.807, 2.05) is 36.4 Å². The fraction of sp³-hybridized carbons (Fsp3) is 0.0625. The molecule has 0 aliphatic rings. The summed E-state index contributed by atoms with van der Waals surface area (Å²) in [5.74, 6) is 1.08. The maximum absolute atomic E-state index is 13.1. The van der Waals surface area contributed by atoms with Crippen LogP contribution in [0.15, 0.2) is 65.2 Å². The van der Waals surface area contributed by atoms with Gasteiger partial charge >= 0.3 is 0 Å². The molecule has 0 spiro atoms. The van der Waals surface area contributed by atoms with Crippen LogP contribution in [0.5, 0.6) is 0 Å². The van der Waals surface area contributed by atoms with Crippen LogP contribution in [0, 0.1) is 5.82 Å². The third-order valence-corrected chi connectivity index (χ3v) is 2.84. The Hall–Kier alpha value is -2.42. The van der Waals surface area contributed by atoms with E-state index in [-0.39, 0.29) is 5.82 Å². The number of oxazole rings is 1. The van der Waals surface area contributed by atoms with Gasteiger partial charge in [0, 0.05) is 12.0 Å². The van der Waals surface area contributed by atoms with Crippen molar-refractivity contribution >= 4 is 0 Å². The van der Waals surface area contributed by atoms with Gasteiger partial charge in [-0.2, -0.15) is 0 Å². The van der Waals surface area contributed by atoms with E-state index in [9.17, 15) is 4.39 Å². The van der Waals surface area contributed by atoms with Gasteiger partial charge in [-0.1, -0.05) is 30.3 Å². The number of hydrogen-bond acceptors (Lipinski definition) is 2. The average Bonchev–Trinajstić information content (AvgIpc) is 2.88. The molecule has 0 aliphatic heterocycles. The predicted molar refractivity (Wildman–Crippen MR) is 71.1 cm³/mol. The van der Waals surface area contributed by atoms with Crippen molar-refractivity contribution in [1.82, 2.24) is 4.98 Å². The molecule has 0 amide bonds. The molecule has 94 valence electrons. The molecule has 1 aromatic heterocycles. The molecule has 2 aromatic carbocycles. The van der Waals surface area contributed by atoms with E-state index in [2.05, 4.69) is 4.98 Å². The van der Waals surface area contributed by atoms with Crippen molar-refractivity contribution in [3.8, 4) is 11.5 Å². The molecule has 0 N–H and O–H groups in total. The standard InChI is InChI=1S/C16H12FNO/c17-14-8-4-5-12(9-14)10-15-11-18-16(19-15)13-6-2-1-3-7-13/h1-9,11H,10H2. The van der Waals surface area contributed by atoms with Gasteiger partial charge in [0.2, 0.25) is 5.89 Å². The Labute approximate surface area is 110 Å². The Kier molecular flexibility index (Phi) is 3.11. The van der Waals surface area contributed by atoms with Crippen molar-refractivity contribution in [3.63, 3.8) is 0 Å². The van der Waals surface area contributed by atoms with Crippen LogP contribution in [-0.4, -0.2) is 4.98 Å². The lowest BCUT2D eigenvalue weighted by molar-refractivity contribution is 0.528. The SMILES string of the molecule is Fc1cccc(Cc2cnc(-c3ccccc3)o2)c1. The molecule has 1 heterocycles. The molecule has 0 saturated heterocycles. The third kappa shape index (κ3) is 2.71. The van der Waals surface area contributed by atoms with Crippen molar-refractivity contribution in [2.24, 2.45) is 0 Å². The molecule has 2 nitrogen and oxygen atoms in total. The number of benzene rings is 2. The van der Waals surface area contributed by atoms with Gasteiger partial charge in [-0.15, -0.1) is 0 Å². The van der Waals surface area contributed by atoms with Crippen LogP contribution >= 0.6 is 0 Å². The van der Waals surface area contributed by atoms with Crippen molar-refractivity contribution in [2.45, 2.75) is 6.42 Å². The number of nitrogens with zero attached hydrogens (tertiary/aromatic N) is 1. The Morgan fingerprint density at radius 3 is 2.63 bits per heavy atom. The number of halogens is 1. The molecule has 0 fully saturated rings. The summed E-state index contributed by atoms with van der Waals surface area (Å²) in [6.07, 6.45) is 2.23. The van der Waals surface area contributed by atoms with E-state index in [1.54, 1.807) is 12.3 Å². The molecule has 0 saturated carbocycles. The van der Waals surface area contributed by atoms with Crippen LogP contribution in [0.2, 0.25) is 0 Å². The maximum Gasteiger partial charge on any atom is 0.226 e. The highest BCUT2D eigenvalue weighted by atomic mass is 19.1. The predicted octanol–water partition coefficient (Wildman–Crippen LogP) is 4.07. The molecule has 3 aromatic rings. The summed E-state index contributed by atoms with van der Waals surface area (Å²) in [4.78, 5) is 4.24. The Morgan fingerprint density at radius 1 is 1.00 bits per heavy atom. The van der Waals surface area contributed by atoms with Crippen LogP contribution in [-0.2, 0) is 6.42 Å². The lowest BCUT2D eigenvalue weighted by Gasteiger charge is -1.98. The topological polar surface area (TPSA) is 26.0 Å². The Balaban J connectivity index is 1.82. The zero-order valence-corrected chi connectivity index (χ0v) is 10.2. The number of hydrogen-bond donors (Lipinski definition) is 0. The first kappa shape index (κ1) is 11.7. The van der Waals surface area contributed by atoms with Crippen molar-refractivity contribution in [1.29, 1.82) is 0 Å². The van der Waals surface area contributed by atoms with Crippen molar-refractivity contribution in [3.05, 3.63) is 77.9 Å². The molecular weight excluding hydrogens is 241 g/mol. The molecule has 3 rings (SSSR count). The summed E-state index contributed by atoms with van der Waals surface area (Å²) < 4.78 is 18.8. The van der Waals surface area contributed by atoms with E-state index in [4.69, 9.17) is 4.42 Å². The minimum absolute atomic E-state index is 0.236. The van der Waals surface area contributed by atoms with Crippen LogP contribution in [0.3, 0.4) is 0 Å². The van der Waals surface area contributed by atoms with Crippen LogP contribution < -0.4 is 0 Å². The summed E-state index contributed by atoms with van der Waals surface area (Å²) in [5, 5.41) is 0.